The normalized spacial score (nSPS) is 25.7. The van der Waals surface area contributed by atoms with Crippen molar-refractivity contribution >= 4 is 11.8 Å². The van der Waals surface area contributed by atoms with E-state index in [1.54, 1.807) is 25.2 Å². The summed E-state index contributed by atoms with van der Waals surface area (Å²) in [4.78, 5) is 26.3. The zero-order valence-corrected chi connectivity index (χ0v) is 13.4. The Labute approximate surface area is 136 Å². The Bertz CT molecular complexity index is 598. The number of likely N-dealkylation sites (tertiary alicyclic amines) is 1. The molecule has 1 heterocycles. The molecule has 5 heteroatoms. The van der Waals surface area contributed by atoms with E-state index in [0.717, 1.165) is 25.7 Å². The first-order valence-corrected chi connectivity index (χ1v) is 8.38. The van der Waals surface area contributed by atoms with Crippen LogP contribution in [0.4, 0.5) is 4.39 Å². The summed E-state index contributed by atoms with van der Waals surface area (Å²) in [5.41, 5.74) is 0.426. The Morgan fingerprint density at radius 3 is 2.61 bits per heavy atom. The highest BCUT2D eigenvalue weighted by Crippen LogP contribution is 2.37. The van der Waals surface area contributed by atoms with Crippen molar-refractivity contribution in [2.75, 3.05) is 7.05 Å². The fourth-order valence-electron chi connectivity index (χ4n) is 3.83. The first-order valence-electron chi connectivity index (χ1n) is 8.38. The summed E-state index contributed by atoms with van der Waals surface area (Å²) in [6.07, 6.45) is 5.12. The van der Waals surface area contributed by atoms with E-state index in [2.05, 4.69) is 5.32 Å². The summed E-state index contributed by atoms with van der Waals surface area (Å²) < 4.78 is 14.2. The second-order valence-electron chi connectivity index (χ2n) is 6.61. The van der Waals surface area contributed by atoms with Crippen molar-refractivity contribution in [2.45, 2.75) is 50.6 Å². The molecule has 1 saturated carbocycles. The molecule has 23 heavy (non-hydrogen) atoms. The third-order valence-electron chi connectivity index (χ3n) is 5.12. The van der Waals surface area contributed by atoms with Gasteiger partial charge in [0.1, 0.15) is 5.82 Å². The molecule has 4 nitrogen and oxygen atoms in total. The number of rotatable bonds is 3. The molecule has 3 rings (SSSR count). The predicted molar refractivity (Wildman–Crippen MR) is 85.0 cm³/mol. The number of carbonyl (C=O) groups excluding carboxylic acids is 2. The molecule has 0 unspecified atom stereocenters. The minimum atomic E-state index is -0.529. The summed E-state index contributed by atoms with van der Waals surface area (Å²) in [7, 11) is 1.66. The molecular weight excluding hydrogens is 295 g/mol. The molecule has 0 aromatic heterocycles. The van der Waals surface area contributed by atoms with E-state index in [-0.39, 0.29) is 23.7 Å². The minimum absolute atomic E-state index is 0.0387. The van der Waals surface area contributed by atoms with E-state index < -0.39 is 12.0 Å². The van der Waals surface area contributed by atoms with E-state index in [0.29, 0.717) is 18.4 Å². The third kappa shape index (κ3) is 3.23. The average Bonchev–Trinajstić information content (AvgIpc) is 3.03. The van der Waals surface area contributed by atoms with Gasteiger partial charge in [-0.3, -0.25) is 9.59 Å². The van der Waals surface area contributed by atoms with E-state index in [9.17, 15) is 14.0 Å². The van der Waals surface area contributed by atoms with Crippen molar-refractivity contribution in [1.29, 1.82) is 0 Å². The molecule has 0 spiro atoms. The van der Waals surface area contributed by atoms with Crippen molar-refractivity contribution in [1.82, 2.24) is 10.2 Å². The standard InChI is InChI=1S/C18H23FN2O2/c1-21-16(22)11-10-14(18(23)20-12-6-2-3-7-12)17(21)13-8-4-5-9-15(13)19/h4-5,8-9,12,14,17H,2-3,6-7,10-11H2,1H3,(H,20,23)/t14-,17-/m1/s1. The van der Waals surface area contributed by atoms with Gasteiger partial charge in [0.25, 0.3) is 0 Å². The van der Waals surface area contributed by atoms with Gasteiger partial charge in [0.15, 0.2) is 0 Å². The molecule has 1 aromatic rings. The van der Waals surface area contributed by atoms with E-state index in [1.165, 1.54) is 11.0 Å². The quantitative estimate of drug-likeness (QED) is 0.931. The number of halogens is 1. The number of hydrogen-bond acceptors (Lipinski definition) is 2. The molecule has 124 valence electrons. The van der Waals surface area contributed by atoms with Crippen molar-refractivity contribution in [3.05, 3.63) is 35.6 Å². The van der Waals surface area contributed by atoms with Crippen LogP contribution in [0.15, 0.2) is 24.3 Å². The van der Waals surface area contributed by atoms with Crippen LogP contribution in [0.3, 0.4) is 0 Å². The average molecular weight is 318 g/mol. The highest BCUT2D eigenvalue weighted by molar-refractivity contribution is 5.85. The fraction of sp³-hybridized carbons (Fsp3) is 0.556. The number of nitrogens with one attached hydrogen (secondary N) is 1. The number of benzene rings is 1. The molecule has 2 amide bonds. The molecule has 1 saturated heterocycles. The van der Waals surface area contributed by atoms with Gasteiger partial charge in [-0.25, -0.2) is 4.39 Å². The summed E-state index contributed by atoms with van der Waals surface area (Å²) in [6, 6.07) is 6.12. The van der Waals surface area contributed by atoms with Gasteiger partial charge in [0.2, 0.25) is 11.8 Å². The topological polar surface area (TPSA) is 49.4 Å². The minimum Gasteiger partial charge on any atom is -0.353 e. The van der Waals surface area contributed by atoms with Crippen LogP contribution in [-0.2, 0) is 9.59 Å². The first kappa shape index (κ1) is 16.0. The van der Waals surface area contributed by atoms with Crippen molar-refractivity contribution in [3.63, 3.8) is 0 Å². The number of piperidine rings is 1. The zero-order chi connectivity index (χ0) is 16.4. The molecule has 1 aliphatic carbocycles. The molecule has 0 radical (unpaired) electrons. The lowest BCUT2D eigenvalue weighted by Crippen LogP contribution is -2.48. The third-order valence-corrected chi connectivity index (χ3v) is 5.12. The lowest BCUT2D eigenvalue weighted by atomic mass is 9.83. The molecular formula is C18H23FN2O2. The summed E-state index contributed by atoms with van der Waals surface area (Å²) in [6.45, 7) is 0. The Kier molecular flexibility index (Phi) is 4.64. The number of hydrogen-bond donors (Lipinski definition) is 1. The fourth-order valence-corrected chi connectivity index (χ4v) is 3.83. The van der Waals surface area contributed by atoms with Gasteiger partial charge in [-0.05, 0) is 25.3 Å². The van der Waals surface area contributed by atoms with E-state index >= 15 is 0 Å². The highest BCUT2D eigenvalue weighted by Gasteiger charge is 2.40. The van der Waals surface area contributed by atoms with Gasteiger partial charge in [-0.1, -0.05) is 31.0 Å². The van der Waals surface area contributed by atoms with Crippen LogP contribution >= 0.6 is 0 Å². The molecule has 1 aromatic carbocycles. The van der Waals surface area contributed by atoms with E-state index in [4.69, 9.17) is 0 Å². The van der Waals surface area contributed by atoms with Gasteiger partial charge in [0.05, 0.1) is 12.0 Å². The Morgan fingerprint density at radius 2 is 1.91 bits per heavy atom. The monoisotopic (exact) mass is 318 g/mol. The zero-order valence-electron chi connectivity index (χ0n) is 13.4. The molecule has 1 aliphatic heterocycles. The maximum absolute atomic E-state index is 14.2. The summed E-state index contributed by atoms with van der Waals surface area (Å²) >= 11 is 0. The molecule has 2 atom stereocenters. The molecule has 1 N–H and O–H groups in total. The number of carbonyl (C=O) groups is 2. The van der Waals surface area contributed by atoms with Crippen molar-refractivity contribution in [2.24, 2.45) is 5.92 Å². The molecule has 2 aliphatic rings. The van der Waals surface area contributed by atoms with Gasteiger partial charge in [0, 0.05) is 25.1 Å². The van der Waals surface area contributed by atoms with Crippen molar-refractivity contribution < 1.29 is 14.0 Å². The smallest absolute Gasteiger partial charge is 0.225 e. The van der Waals surface area contributed by atoms with Crippen LogP contribution in [0.1, 0.15) is 50.1 Å². The largest absolute Gasteiger partial charge is 0.353 e. The lowest BCUT2D eigenvalue weighted by molar-refractivity contribution is -0.142. The number of amides is 2. The molecule has 2 fully saturated rings. The van der Waals surface area contributed by atoms with Gasteiger partial charge in [-0.2, -0.15) is 0 Å². The van der Waals surface area contributed by atoms with Crippen LogP contribution in [-0.4, -0.2) is 29.8 Å². The van der Waals surface area contributed by atoms with Crippen LogP contribution < -0.4 is 5.32 Å². The van der Waals surface area contributed by atoms with Gasteiger partial charge in [-0.15, -0.1) is 0 Å². The second kappa shape index (κ2) is 6.69. The lowest BCUT2D eigenvalue weighted by Gasteiger charge is -2.39. The second-order valence-corrected chi connectivity index (χ2v) is 6.61. The van der Waals surface area contributed by atoms with Crippen molar-refractivity contribution in [3.8, 4) is 0 Å². The van der Waals surface area contributed by atoms with E-state index in [1.807, 2.05) is 0 Å². The van der Waals surface area contributed by atoms with Crippen LogP contribution in [0.25, 0.3) is 0 Å². The SMILES string of the molecule is CN1C(=O)CC[C@@H](C(=O)NC2CCCC2)[C@H]1c1ccccc1F. The highest BCUT2D eigenvalue weighted by atomic mass is 19.1. The maximum Gasteiger partial charge on any atom is 0.225 e. The Morgan fingerprint density at radius 1 is 1.22 bits per heavy atom. The summed E-state index contributed by atoms with van der Waals surface area (Å²) in [5, 5.41) is 3.10. The first-order chi connectivity index (χ1) is 11.1. The Hall–Kier alpha value is -1.91. The Balaban J connectivity index is 1.85. The van der Waals surface area contributed by atoms with Crippen LogP contribution in [0.2, 0.25) is 0 Å². The van der Waals surface area contributed by atoms with Gasteiger partial charge < -0.3 is 10.2 Å². The molecule has 0 bridgehead atoms. The number of nitrogens with zero attached hydrogens (tertiary/aromatic N) is 1. The predicted octanol–water partition coefficient (Wildman–Crippen LogP) is 2.79. The maximum atomic E-state index is 14.2. The van der Waals surface area contributed by atoms with Gasteiger partial charge >= 0.3 is 0 Å². The van der Waals surface area contributed by atoms with Crippen LogP contribution in [0, 0.1) is 11.7 Å². The van der Waals surface area contributed by atoms with Crippen LogP contribution in [0.5, 0.6) is 0 Å². The summed E-state index contributed by atoms with van der Waals surface area (Å²) in [5.74, 6) is -0.847.